The first-order valence-corrected chi connectivity index (χ1v) is 3.77. The van der Waals surface area contributed by atoms with Crippen LogP contribution in [-0.4, -0.2) is 45.8 Å². The summed E-state index contributed by atoms with van der Waals surface area (Å²) in [6.07, 6.45) is -2.97. The van der Waals surface area contributed by atoms with E-state index < -0.39 is 30.5 Å². The zero-order valence-corrected chi connectivity index (χ0v) is 7.60. The summed E-state index contributed by atoms with van der Waals surface area (Å²) >= 11 is 0. The van der Waals surface area contributed by atoms with Gasteiger partial charge in [0, 0.05) is 0 Å². The minimum atomic E-state index is -1.64. The van der Waals surface area contributed by atoms with Gasteiger partial charge in [-0.05, 0) is 13.8 Å². The van der Waals surface area contributed by atoms with Crippen LogP contribution in [0.1, 0.15) is 13.8 Å². The molecule has 13 heavy (non-hydrogen) atoms. The quantitative estimate of drug-likeness (QED) is 0.301. The van der Waals surface area contributed by atoms with E-state index in [2.05, 4.69) is 4.74 Å². The number of aliphatic hydroxyl groups is 3. The van der Waals surface area contributed by atoms with Gasteiger partial charge in [-0.25, -0.2) is 4.79 Å². The molecule has 0 bridgehead atoms. The van der Waals surface area contributed by atoms with Gasteiger partial charge in [0.05, 0.1) is 12.1 Å². The molecule has 6 nitrogen and oxygen atoms in total. The Morgan fingerprint density at radius 2 is 2.08 bits per heavy atom. The van der Waals surface area contributed by atoms with Crippen LogP contribution in [0.2, 0.25) is 0 Å². The van der Waals surface area contributed by atoms with E-state index in [-0.39, 0.29) is 0 Å². The van der Waals surface area contributed by atoms with Crippen LogP contribution in [0.4, 0.5) is 0 Å². The van der Waals surface area contributed by atoms with Gasteiger partial charge in [0.1, 0.15) is 6.10 Å². The highest BCUT2D eigenvalue weighted by Gasteiger charge is 2.31. The minimum absolute atomic E-state index is 0.540. The lowest BCUT2D eigenvalue weighted by Gasteiger charge is -2.27. The van der Waals surface area contributed by atoms with Gasteiger partial charge in [-0.3, -0.25) is 0 Å². The van der Waals surface area contributed by atoms with Crippen LogP contribution in [0.3, 0.4) is 0 Å². The third-order valence-corrected chi connectivity index (χ3v) is 1.47. The predicted octanol–water partition coefficient (Wildman–Crippen LogP) is -2.06. The predicted molar refractivity (Wildman–Crippen MR) is 43.5 cm³/mol. The maximum Gasteiger partial charge on any atom is 0.337 e. The highest BCUT2D eigenvalue weighted by molar-refractivity contribution is 5.73. The highest BCUT2D eigenvalue weighted by atomic mass is 16.6. The van der Waals surface area contributed by atoms with E-state index in [0.717, 1.165) is 0 Å². The van der Waals surface area contributed by atoms with Crippen molar-refractivity contribution in [1.29, 1.82) is 0 Å². The molecule has 0 fully saturated rings. The molecule has 0 aromatic carbocycles. The van der Waals surface area contributed by atoms with Crippen LogP contribution in [0.25, 0.3) is 0 Å². The van der Waals surface area contributed by atoms with E-state index in [9.17, 15) is 4.79 Å². The first kappa shape index (κ1) is 12.3. The van der Waals surface area contributed by atoms with Gasteiger partial charge >= 0.3 is 5.97 Å². The fourth-order valence-electron chi connectivity index (χ4n) is 0.421. The summed E-state index contributed by atoms with van der Waals surface area (Å²) in [5.74, 6) is -0.988. The second kappa shape index (κ2) is 4.52. The first-order valence-electron chi connectivity index (χ1n) is 3.77. The molecule has 0 saturated carbocycles. The summed E-state index contributed by atoms with van der Waals surface area (Å²) in [6.45, 7) is 1.97. The van der Waals surface area contributed by atoms with Crippen LogP contribution in [0.5, 0.6) is 0 Å². The molecule has 3 atom stereocenters. The van der Waals surface area contributed by atoms with Crippen molar-refractivity contribution < 1.29 is 24.9 Å². The van der Waals surface area contributed by atoms with Gasteiger partial charge < -0.3 is 25.8 Å². The maximum atomic E-state index is 10.7. The third-order valence-electron chi connectivity index (χ3n) is 1.47. The fourth-order valence-corrected chi connectivity index (χ4v) is 0.421. The molecule has 3 unspecified atom stereocenters. The summed E-state index contributed by atoms with van der Waals surface area (Å²) in [5, 5.41) is 26.6. The largest absolute Gasteiger partial charge is 0.432 e. The average Bonchev–Trinajstić information content (AvgIpc) is 2.04. The number of nitrogens with two attached hydrogens (primary N) is 1. The van der Waals surface area contributed by atoms with Gasteiger partial charge in [-0.2, -0.15) is 0 Å². The highest BCUT2D eigenvalue weighted by Crippen LogP contribution is 2.07. The van der Waals surface area contributed by atoms with Crippen LogP contribution in [0.15, 0.2) is 0 Å². The van der Waals surface area contributed by atoms with Crippen LogP contribution in [-0.2, 0) is 9.53 Å². The van der Waals surface area contributed by atoms with Gasteiger partial charge in [-0.15, -0.1) is 0 Å². The Kier molecular flexibility index (Phi) is 4.28. The molecule has 0 radical (unpaired) electrons. The Balaban J connectivity index is 4.15. The molecule has 0 rings (SSSR count). The fraction of sp³-hybridized carbons (Fsp3) is 0.857. The van der Waals surface area contributed by atoms with Crippen molar-refractivity contribution in [2.24, 2.45) is 5.73 Å². The van der Waals surface area contributed by atoms with E-state index >= 15 is 0 Å². The lowest BCUT2D eigenvalue weighted by Crippen LogP contribution is -2.53. The Labute approximate surface area is 75.9 Å². The van der Waals surface area contributed by atoms with Crippen LogP contribution < -0.4 is 5.73 Å². The van der Waals surface area contributed by atoms with Crippen LogP contribution >= 0.6 is 0 Å². The Morgan fingerprint density at radius 3 is 2.38 bits per heavy atom. The van der Waals surface area contributed by atoms with Crippen molar-refractivity contribution in [2.75, 3.05) is 6.61 Å². The number of carbonyl (C=O) groups is 1. The molecule has 0 amide bonds. The molecular formula is C7H15NO5. The first-order chi connectivity index (χ1) is 5.81. The van der Waals surface area contributed by atoms with Crippen molar-refractivity contribution in [3.8, 4) is 0 Å². The average molecular weight is 193 g/mol. The van der Waals surface area contributed by atoms with Gasteiger partial charge in [0.25, 0.3) is 0 Å². The monoisotopic (exact) mass is 193 g/mol. The maximum absolute atomic E-state index is 10.7. The molecule has 0 aliphatic rings. The standard InChI is InChI=1S/C7H15NO5/c1-4(10)5(11)13-6(12)7(2,8)3-9/h4,6,9-10,12H,3,8H2,1-2H3. The van der Waals surface area contributed by atoms with E-state index in [1.807, 2.05) is 0 Å². The van der Waals surface area contributed by atoms with Crippen molar-refractivity contribution in [1.82, 2.24) is 0 Å². The zero-order chi connectivity index (χ0) is 10.6. The van der Waals surface area contributed by atoms with Crippen LogP contribution in [0, 0.1) is 0 Å². The van der Waals surface area contributed by atoms with Crippen molar-refractivity contribution in [3.63, 3.8) is 0 Å². The minimum Gasteiger partial charge on any atom is -0.432 e. The van der Waals surface area contributed by atoms with E-state index in [4.69, 9.17) is 21.1 Å². The number of hydrogen-bond acceptors (Lipinski definition) is 6. The number of ether oxygens (including phenoxy) is 1. The molecule has 0 aromatic heterocycles. The molecule has 0 spiro atoms. The van der Waals surface area contributed by atoms with Gasteiger partial charge in [0.15, 0.2) is 0 Å². The normalized spacial score (nSPS) is 20.2. The number of esters is 1. The number of aliphatic hydroxyl groups excluding tert-OH is 3. The molecule has 5 N–H and O–H groups in total. The summed E-state index contributed by atoms with van der Waals surface area (Å²) in [5.41, 5.74) is 3.92. The summed E-state index contributed by atoms with van der Waals surface area (Å²) in [6, 6.07) is 0. The number of rotatable bonds is 4. The summed E-state index contributed by atoms with van der Waals surface area (Å²) in [4.78, 5) is 10.7. The van der Waals surface area contributed by atoms with E-state index in [1.165, 1.54) is 13.8 Å². The second-order valence-corrected chi connectivity index (χ2v) is 3.13. The summed E-state index contributed by atoms with van der Waals surface area (Å²) in [7, 11) is 0. The molecule has 0 aromatic rings. The lowest BCUT2D eigenvalue weighted by atomic mass is 10.1. The number of hydrogen-bond donors (Lipinski definition) is 4. The van der Waals surface area contributed by atoms with E-state index in [0.29, 0.717) is 0 Å². The smallest absolute Gasteiger partial charge is 0.337 e. The van der Waals surface area contributed by atoms with Gasteiger partial charge in [-0.1, -0.05) is 0 Å². The molecule has 0 heterocycles. The molecule has 6 heteroatoms. The number of carbonyl (C=O) groups excluding carboxylic acids is 1. The molecule has 0 aliphatic heterocycles. The van der Waals surface area contributed by atoms with Crippen molar-refractivity contribution in [3.05, 3.63) is 0 Å². The second-order valence-electron chi connectivity index (χ2n) is 3.13. The topological polar surface area (TPSA) is 113 Å². The molecular weight excluding hydrogens is 178 g/mol. The molecule has 0 saturated heterocycles. The molecule has 78 valence electrons. The van der Waals surface area contributed by atoms with Crippen molar-refractivity contribution in [2.45, 2.75) is 31.8 Å². The zero-order valence-electron chi connectivity index (χ0n) is 7.60. The Bertz CT molecular complexity index is 180. The molecule has 0 aliphatic carbocycles. The van der Waals surface area contributed by atoms with E-state index in [1.54, 1.807) is 0 Å². The SMILES string of the molecule is CC(O)C(=O)OC(O)C(C)(N)CO. The lowest BCUT2D eigenvalue weighted by molar-refractivity contribution is -0.189. The third kappa shape index (κ3) is 3.69. The van der Waals surface area contributed by atoms with Gasteiger partial charge in [0.2, 0.25) is 6.29 Å². The Morgan fingerprint density at radius 1 is 1.62 bits per heavy atom. The Hall–Kier alpha value is -0.690. The van der Waals surface area contributed by atoms with Crippen molar-refractivity contribution >= 4 is 5.97 Å². The summed E-state index contributed by atoms with van der Waals surface area (Å²) < 4.78 is 4.35.